The van der Waals surface area contributed by atoms with E-state index in [1.807, 2.05) is 18.7 Å². The van der Waals surface area contributed by atoms with Crippen molar-refractivity contribution in [2.45, 2.75) is 25.6 Å². The van der Waals surface area contributed by atoms with E-state index in [9.17, 15) is 27.9 Å². The van der Waals surface area contributed by atoms with E-state index in [-0.39, 0.29) is 40.2 Å². The molecule has 1 atom stereocenters. The van der Waals surface area contributed by atoms with Gasteiger partial charge in [-0.05, 0) is 31.3 Å². The molecular formula is C22H23Cl3F3N3O3. The molecule has 1 heterocycles. The minimum Gasteiger partial charge on any atom is -0.372 e. The maximum absolute atomic E-state index is 14.1. The largest absolute Gasteiger partial charge is 0.416 e. The maximum Gasteiger partial charge on any atom is 0.416 e. The van der Waals surface area contributed by atoms with E-state index in [1.54, 1.807) is 0 Å². The first-order valence-electron chi connectivity index (χ1n) is 10.1. The van der Waals surface area contributed by atoms with Crippen molar-refractivity contribution >= 4 is 53.1 Å². The maximum atomic E-state index is 14.1. The van der Waals surface area contributed by atoms with Crippen LogP contribution in [0.25, 0.3) is 0 Å². The van der Waals surface area contributed by atoms with E-state index in [0.29, 0.717) is 25.7 Å². The Bertz CT molecular complexity index is 1110. The molecule has 0 aromatic heterocycles. The summed E-state index contributed by atoms with van der Waals surface area (Å²) in [5.74, 6) is -2.13. The Hall–Kier alpha value is -2.04. The summed E-state index contributed by atoms with van der Waals surface area (Å²) >= 11 is 12.3. The molecule has 0 aliphatic carbocycles. The number of carbonyl (C=O) groups excluding carboxylic acids is 2. The Morgan fingerprint density at radius 3 is 2.35 bits per heavy atom. The topological polar surface area (TPSA) is 86.9 Å². The molecule has 2 aromatic carbocycles. The molecular weight excluding hydrogens is 518 g/mol. The van der Waals surface area contributed by atoms with Gasteiger partial charge in [-0.15, -0.1) is 12.4 Å². The number of aliphatic hydroxyl groups is 1. The van der Waals surface area contributed by atoms with Crippen LogP contribution in [-0.4, -0.2) is 48.0 Å². The third-order valence-electron chi connectivity index (χ3n) is 5.79. The zero-order valence-electron chi connectivity index (χ0n) is 18.2. The molecule has 1 unspecified atom stereocenters. The summed E-state index contributed by atoms with van der Waals surface area (Å²) in [4.78, 5) is 28.4. The smallest absolute Gasteiger partial charge is 0.372 e. The standard InChI is InChI=1S/C22H22Cl2F3N3O3.ClH/c1-3-29(4-2)8-9-30-16-11-12(19(28)31)10-14(22(25,26)27)17(16)21(33,20(30)32)13-6-5-7-15(23)18(13)24;/h5-7,10-11,33H,3-4,8-9H2,1-2H3,(H2,28,31);1H. The number of nitrogens with two attached hydrogens (primary N) is 1. The molecule has 1 aliphatic heterocycles. The Labute approximate surface area is 210 Å². The number of hydrogen-bond donors (Lipinski definition) is 2. The predicted molar refractivity (Wildman–Crippen MR) is 127 cm³/mol. The van der Waals surface area contributed by atoms with Crippen LogP contribution in [0.4, 0.5) is 18.9 Å². The second kappa shape index (κ2) is 10.3. The molecule has 0 spiro atoms. The lowest BCUT2D eigenvalue weighted by atomic mass is 9.83. The summed E-state index contributed by atoms with van der Waals surface area (Å²) in [6.45, 7) is 5.37. The number of fused-ring (bicyclic) bond motifs is 1. The molecule has 3 N–H and O–H groups in total. The van der Waals surface area contributed by atoms with Crippen LogP contribution in [0.2, 0.25) is 10.0 Å². The van der Waals surface area contributed by atoms with Crippen LogP contribution >= 0.6 is 35.6 Å². The molecule has 0 bridgehead atoms. The summed E-state index contributed by atoms with van der Waals surface area (Å²) in [6, 6.07) is 5.62. The van der Waals surface area contributed by atoms with Crippen LogP contribution in [-0.2, 0) is 16.6 Å². The Morgan fingerprint density at radius 1 is 1.21 bits per heavy atom. The number of nitrogens with zero attached hydrogens (tertiary/aromatic N) is 2. The second-order valence-corrected chi connectivity index (χ2v) is 8.36. The molecule has 0 saturated heterocycles. The number of benzene rings is 2. The highest BCUT2D eigenvalue weighted by molar-refractivity contribution is 6.42. The fraction of sp³-hybridized carbons (Fsp3) is 0.364. The third-order valence-corrected chi connectivity index (χ3v) is 6.61. The number of rotatable bonds is 7. The highest BCUT2D eigenvalue weighted by atomic mass is 35.5. The number of halogens is 6. The van der Waals surface area contributed by atoms with Gasteiger partial charge in [0, 0.05) is 29.8 Å². The van der Waals surface area contributed by atoms with Crippen molar-refractivity contribution < 1.29 is 27.9 Å². The average molecular weight is 541 g/mol. The summed E-state index contributed by atoms with van der Waals surface area (Å²) in [7, 11) is 0. The van der Waals surface area contributed by atoms with Crippen molar-refractivity contribution in [1.29, 1.82) is 0 Å². The fourth-order valence-electron chi connectivity index (χ4n) is 4.03. The summed E-state index contributed by atoms with van der Waals surface area (Å²) in [5, 5.41) is 11.4. The van der Waals surface area contributed by atoms with Gasteiger partial charge in [-0.25, -0.2) is 0 Å². The van der Waals surface area contributed by atoms with Crippen LogP contribution in [0.1, 0.15) is 40.9 Å². The Kier molecular flexibility index (Phi) is 8.54. The number of alkyl halides is 3. The van der Waals surface area contributed by atoms with E-state index in [0.717, 1.165) is 11.0 Å². The molecule has 2 aromatic rings. The first-order chi connectivity index (χ1) is 15.4. The Morgan fingerprint density at radius 2 is 1.82 bits per heavy atom. The number of primary amides is 1. The van der Waals surface area contributed by atoms with Crippen molar-refractivity contribution in [3.8, 4) is 0 Å². The SMILES string of the molecule is CCN(CC)CCN1C(=O)C(O)(c2cccc(Cl)c2Cl)c2c1cc(C(N)=O)cc2C(F)(F)F.Cl. The molecule has 6 nitrogen and oxygen atoms in total. The zero-order valence-corrected chi connectivity index (χ0v) is 20.6. The van der Waals surface area contributed by atoms with Gasteiger partial charge in [-0.2, -0.15) is 13.2 Å². The summed E-state index contributed by atoms with van der Waals surface area (Å²) in [6.07, 6.45) is -5.01. The van der Waals surface area contributed by atoms with Gasteiger partial charge in [0.25, 0.3) is 5.91 Å². The number of likely N-dealkylation sites (N-methyl/N-ethyl adjacent to an activating group) is 1. The average Bonchev–Trinajstić information content (AvgIpc) is 2.97. The van der Waals surface area contributed by atoms with E-state index in [1.165, 1.54) is 18.2 Å². The fourth-order valence-corrected chi connectivity index (χ4v) is 4.47. The van der Waals surface area contributed by atoms with Gasteiger partial charge in [0.05, 0.1) is 21.3 Å². The molecule has 1 aliphatic rings. The number of anilines is 1. The van der Waals surface area contributed by atoms with Crippen molar-refractivity contribution in [2.75, 3.05) is 31.1 Å². The molecule has 34 heavy (non-hydrogen) atoms. The molecule has 0 radical (unpaired) electrons. The highest BCUT2D eigenvalue weighted by Gasteiger charge is 2.56. The quantitative estimate of drug-likeness (QED) is 0.543. The first kappa shape index (κ1) is 28.2. The van der Waals surface area contributed by atoms with Gasteiger partial charge in [0.1, 0.15) is 0 Å². The molecule has 186 valence electrons. The van der Waals surface area contributed by atoms with Crippen LogP contribution in [0.15, 0.2) is 30.3 Å². The summed E-state index contributed by atoms with van der Waals surface area (Å²) < 4.78 is 42.4. The molecule has 3 rings (SSSR count). The normalized spacial score (nSPS) is 17.7. The van der Waals surface area contributed by atoms with E-state index in [4.69, 9.17) is 28.9 Å². The molecule has 0 fully saturated rings. The van der Waals surface area contributed by atoms with E-state index in [2.05, 4.69) is 0 Å². The van der Waals surface area contributed by atoms with Crippen LogP contribution < -0.4 is 10.6 Å². The van der Waals surface area contributed by atoms with Gasteiger partial charge in [-0.3, -0.25) is 9.59 Å². The lowest BCUT2D eigenvalue weighted by Crippen LogP contribution is -2.44. The van der Waals surface area contributed by atoms with Crippen LogP contribution in [0.3, 0.4) is 0 Å². The summed E-state index contributed by atoms with van der Waals surface area (Å²) in [5.41, 5.74) is -0.560. The van der Waals surface area contributed by atoms with Gasteiger partial charge in [0.15, 0.2) is 5.60 Å². The van der Waals surface area contributed by atoms with Gasteiger partial charge in [-0.1, -0.05) is 49.2 Å². The van der Waals surface area contributed by atoms with Gasteiger partial charge in [0.2, 0.25) is 5.91 Å². The zero-order chi connectivity index (χ0) is 24.7. The number of carbonyl (C=O) groups is 2. The minimum atomic E-state index is -5.01. The van der Waals surface area contributed by atoms with E-state index >= 15 is 0 Å². The van der Waals surface area contributed by atoms with Crippen LogP contribution in [0.5, 0.6) is 0 Å². The Balaban J connectivity index is 0.00000408. The van der Waals surface area contributed by atoms with Crippen molar-refractivity contribution in [1.82, 2.24) is 4.90 Å². The van der Waals surface area contributed by atoms with Crippen LogP contribution in [0, 0.1) is 0 Å². The number of amides is 2. The molecule has 0 saturated carbocycles. The molecule has 2 amide bonds. The minimum absolute atomic E-state index is 0. The monoisotopic (exact) mass is 539 g/mol. The van der Waals surface area contributed by atoms with Gasteiger partial charge >= 0.3 is 6.18 Å². The predicted octanol–water partition coefficient (Wildman–Crippen LogP) is 4.46. The second-order valence-electron chi connectivity index (χ2n) is 7.58. The lowest BCUT2D eigenvalue weighted by molar-refractivity contribution is -0.142. The van der Waals surface area contributed by atoms with Crippen molar-refractivity contribution in [3.63, 3.8) is 0 Å². The van der Waals surface area contributed by atoms with Crippen molar-refractivity contribution in [2.24, 2.45) is 5.73 Å². The number of hydrogen-bond acceptors (Lipinski definition) is 4. The third kappa shape index (κ3) is 4.72. The first-order valence-corrected chi connectivity index (χ1v) is 10.9. The molecule has 12 heteroatoms. The van der Waals surface area contributed by atoms with Crippen molar-refractivity contribution in [3.05, 3.63) is 62.6 Å². The van der Waals surface area contributed by atoms with Gasteiger partial charge < -0.3 is 20.6 Å². The lowest BCUT2D eigenvalue weighted by Gasteiger charge is -2.27. The highest BCUT2D eigenvalue weighted by Crippen LogP contribution is 2.52. The van der Waals surface area contributed by atoms with E-state index < -0.39 is 40.3 Å².